The molecule has 4 heteroatoms. The first-order valence-electron chi connectivity index (χ1n) is 8.13. The van der Waals surface area contributed by atoms with E-state index in [0.717, 1.165) is 47.5 Å². The molecule has 0 unspecified atom stereocenters. The van der Waals surface area contributed by atoms with Gasteiger partial charge in [0.25, 0.3) is 5.91 Å². The van der Waals surface area contributed by atoms with E-state index in [2.05, 4.69) is 10.6 Å². The van der Waals surface area contributed by atoms with Crippen LogP contribution < -0.4 is 15.4 Å². The van der Waals surface area contributed by atoms with Crippen molar-refractivity contribution in [1.82, 2.24) is 5.32 Å². The van der Waals surface area contributed by atoms with Gasteiger partial charge in [-0.1, -0.05) is 18.2 Å². The minimum absolute atomic E-state index is 0.0210. The van der Waals surface area contributed by atoms with Gasteiger partial charge in [-0.2, -0.15) is 0 Å². The van der Waals surface area contributed by atoms with Crippen molar-refractivity contribution < 1.29 is 9.53 Å². The van der Waals surface area contributed by atoms with E-state index in [4.69, 9.17) is 4.74 Å². The Balaban J connectivity index is 1.69. The number of rotatable bonds is 5. The van der Waals surface area contributed by atoms with Gasteiger partial charge in [-0.3, -0.25) is 4.79 Å². The van der Waals surface area contributed by atoms with Crippen molar-refractivity contribution >= 4 is 11.6 Å². The van der Waals surface area contributed by atoms with Crippen LogP contribution in [0.5, 0.6) is 5.75 Å². The first-order valence-corrected chi connectivity index (χ1v) is 8.13. The summed E-state index contributed by atoms with van der Waals surface area (Å²) in [5.41, 5.74) is 4.02. The first-order chi connectivity index (χ1) is 11.3. The Hall–Kier alpha value is -2.49. The summed E-state index contributed by atoms with van der Waals surface area (Å²) < 4.78 is 5.49. The standard InChI is InChI=1S/C19H22N2O2/c1-2-23-15-7-3-6-14(12-15)13-21-19(22)17-8-4-10-18-16(17)9-5-11-20-18/h3-4,6-8,10,12,20H,2,5,9,11,13H2,1H3,(H,21,22). The van der Waals surface area contributed by atoms with Crippen LogP contribution in [0.25, 0.3) is 0 Å². The Bertz CT molecular complexity index is 698. The number of hydrogen-bond acceptors (Lipinski definition) is 3. The second-order valence-electron chi connectivity index (χ2n) is 5.63. The molecule has 2 N–H and O–H groups in total. The fraction of sp³-hybridized carbons (Fsp3) is 0.316. The summed E-state index contributed by atoms with van der Waals surface area (Å²) in [6, 6.07) is 13.7. The molecule has 0 aromatic heterocycles. The van der Waals surface area contributed by atoms with Crippen LogP contribution in [0.15, 0.2) is 42.5 Å². The Morgan fingerprint density at radius 3 is 3.00 bits per heavy atom. The molecule has 0 aliphatic carbocycles. The number of hydrogen-bond donors (Lipinski definition) is 2. The number of nitrogens with one attached hydrogen (secondary N) is 2. The van der Waals surface area contributed by atoms with Crippen molar-refractivity contribution in [3.8, 4) is 5.75 Å². The number of ether oxygens (including phenoxy) is 1. The Labute approximate surface area is 136 Å². The zero-order valence-electron chi connectivity index (χ0n) is 13.4. The predicted octanol–water partition coefficient (Wildman–Crippen LogP) is 3.37. The molecule has 2 aromatic carbocycles. The molecule has 0 spiro atoms. The Kier molecular flexibility index (Phi) is 4.81. The molecular formula is C19H22N2O2. The van der Waals surface area contributed by atoms with Gasteiger partial charge >= 0.3 is 0 Å². The minimum atomic E-state index is -0.0210. The molecule has 0 bridgehead atoms. The lowest BCUT2D eigenvalue weighted by atomic mass is 9.97. The van der Waals surface area contributed by atoms with Gasteiger partial charge < -0.3 is 15.4 Å². The quantitative estimate of drug-likeness (QED) is 0.890. The number of anilines is 1. The Morgan fingerprint density at radius 1 is 1.26 bits per heavy atom. The maximum Gasteiger partial charge on any atom is 0.251 e. The van der Waals surface area contributed by atoms with Gasteiger partial charge in [0.1, 0.15) is 5.75 Å². The molecule has 3 rings (SSSR count). The second kappa shape index (κ2) is 7.18. The van der Waals surface area contributed by atoms with E-state index >= 15 is 0 Å². The summed E-state index contributed by atoms with van der Waals surface area (Å²) >= 11 is 0. The summed E-state index contributed by atoms with van der Waals surface area (Å²) in [5, 5.41) is 6.37. The van der Waals surface area contributed by atoms with Gasteiger partial charge in [-0.15, -0.1) is 0 Å². The van der Waals surface area contributed by atoms with Gasteiger partial charge in [-0.05, 0) is 55.2 Å². The molecule has 0 saturated heterocycles. The fourth-order valence-corrected chi connectivity index (χ4v) is 2.91. The fourth-order valence-electron chi connectivity index (χ4n) is 2.91. The number of carbonyl (C=O) groups is 1. The topological polar surface area (TPSA) is 50.4 Å². The van der Waals surface area contributed by atoms with Crippen LogP contribution in [0.1, 0.15) is 34.8 Å². The van der Waals surface area contributed by atoms with Crippen molar-refractivity contribution in [1.29, 1.82) is 0 Å². The van der Waals surface area contributed by atoms with Gasteiger partial charge in [0, 0.05) is 24.3 Å². The smallest absolute Gasteiger partial charge is 0.251 e. The van der Waals surface area contributed by atoms with Crippen LogP contribution in [-0.4, -0.2) is 19.1 Å². The van der Waals surface area contributed by atoms with Crippen LogP contribution in [0.4, 0.5) is 5.69 Å². The average molecular weight is 310 g/mol. The van der Waals surface area contributed by atoms with E-state index in [-0.39, 0.29) is 5.91 Å². The minimum Gasteiger partial charge on any atom is -0.494 e. The van der Waals surface area contributed by atoms with Crippen molar-refractivity contribution in [2.45, 2.75) is 26.3 Å². The highest BCUT2D eigenvalue weighted by Gasteiger charge is 2.17. The zero-order chi connectivity index (χ0) is 16.1. The zero-order valence-corrected chi connectivity index (χ0v) is 13.4. The molecule has 0 saturated carbocycles. The lowest BCUT2D eigenvalue weighted by Gasteiger charge is -2.20. The van der Waals surface area contributed by atoms with Gasteiger partial charge in [0.15, 0.2) is 0 Å². The highest BCUT2D eigenvalue weighted by molar-refractivity contribution is 5.97. The molecule has 2 aromatic rings. The van der Waals surface area contributed by atoms with E-state index in [1.165, 1.54) is 0 Å². The van der Waals surface area contributed by atoms with E-state index in [0.29, 0.717) is 13.2 Å². The molecule has 1 aliphatic heterocycles. The molecule has 0 fully saturated rings. The third-order valence-electron chi connectivity index (χ3n) is 4.00. The summed E-state index contributed by atoms with van der Waals surface area (Å²) in [6.07, 6.45) is 2.01. The third-order valence-corrected chi connectivity index (χ3v) is 4.00. The molecule has 1 amide bonds. The number of amides is 1. The van der Waals surface area contributed by atoms with Gasteiger partial charge in [0.2, 0.25) is 0 Å². The average Bonchev–Trinajstić information content (AvgIpc) is 2.60. The van der Waals surface area contributed by atoms with E-state index in [1.807, 2.05) is 49.4 Å². The molecule has 4 nitrogen and oxygen atoms in total. The largest absolute Gasteiger partial charge is 0.494 e. The lowest BCUT2D eigenvalue weighted by Crippen LogP contribution is -2.25. The SMILES string of the molecule is CCOc1cccc(CNC(=O)c2cccc3c2CCCN3)c1. The summed E-state index contributed by atoms with van der Waals surface area (Å²) in [7, 11) is 0. The lowest BCUT2D eigenvalue weighted by molar-refractivity contribution is 0.0950. The normalized spacial score (nSPS) is 12.9. The van der Waals surface area contributed by atoms with Crippen molar-refractivity contribution in [3.63, 3.8) is 0 Å². The molecule has 0 atom stereocenters. The molecule has 0 radical (unpaired) electrons. The van der Waals surface area contributed by atoms with Crippen LogP contribution in [-0.2, 0) is 13.0 Å². The molecule has 1 heterocycles. The number of benzene rings is 2. The van der Waals surface area contributed by atoms with Crippen LogP contribution >= 0.6 is 0 Å². The number of carbonyl (C=O) groups excluding carboxylic acids is 1. The second-order valence-corrected chi connectivity index (χ2v) is 5.63. The van der Waals surface area contributed by atoms with Crippen molar-refractivity contribution in [2.75, 3.05) is 18.5 Å². The summed E-state index contributed by atoms with van der Waals surface area (Å²) in [5.74, 6) is 0.813. The molecule has 1 aliphatic rings. The van der Waals surface area contributed by atoms with Crippen LogP contribution in [0.2, 0.25) is 0 Å². The summed E-state index contributed by atoms with van der Waals surface area (Å²) in [4.78, 5) is 12.5. The molecule has 23 heavy (non-hydrogen) atoms. The predicted molar refractivity (Wildman–Crippen MR) is 92.0 cm³/mol. The van der Waals surface area contributed by atoms with Crippen LogP contribution in [0, 0.1) is 0 Å². The van der Waals surface area contributed by atoms with Crippen LogP contribution in [0.3, 0.4) is 0 Å². The first kappa shape index (κ1) is 15.4. The highest BCUT2D eigenvalue weighted by atomic mass is 16.5. The van der Waals surface area contributed by atoms with Crippen molar-refractivity contribution in [3.05, 3.63) is 59.2 Å². The molecule has 120 valence electrons. The van der Waals surface area contributed by atoms with E-state index in [9.17, 15) is 4.79 Å². The summed E-state index contributed by atoms with van der Waals surface area (Å²) in [6.45, 7) is 4.07. The van der Waals surface area contributed by atoms with Crippen molar-refractivity contribution in [2.24, 2.45) is 0 Å². The third kappa shape index (κ3) is 3.65. The molecular weight excluding hydrogens is 288 g/mol. The Morgan fingerprint density at radius 2 is 2.13 bits per heavy atom. The maximum atomic E-state index is 12.5. The van der Waals surface area contributed by atoms with E-state index < -0.39 is 0 Å². The highest BCUT2D eigenvalue weighted by Crippen LogP contribution is 2.25. The van der Waals surface area contributed by atoms with Gasteiger partial charge in [0.05, 0.1) is 6.61 Å². The maximum absolute atomic E-state index is 12.5. The number of fused-ring (bicyclic) bond motifs is 1. The van der Waals surface area contributed by atoms with Gasteiger partial charge in [-0.25, -0.2) is 0 Å². The van der Waals surface area contributed by atoms with E-state index in [1.54, 1.807) is 0 Å². The monoisotopic (exact) mass is 310 g/mol.